The molecule has 0 saturated carbocycles. The normalized spacial score (nSPS) is 12.4. The molecule has 1 aromatic rings. The van der Waals surface area contributed by atoms with Crippen molar-refractivity contribution >= 4 is 28.8 Å². The van der Waals surface area contributed by atoms with Crippen LogP contribution < -0.4 is 5.43 Å². The van der Waals surface area contributed by atoms with E-state index in [2.05, 4.69) is 5.10 Å². The molecule has 0 aliphatic heterocycles. The van der Waals surface area contributed by atoms with Crippen LogP contribution in [0.3, 0.4) is 0 Å². The van der Waals surface area contributed by atoms with Crippen molar-refractivity contribution in [3.05, 3.63) is 23.0 Å². The van der Waals surface area contributed by atoms with E-state index < -0.39 is 34.9 Å². The number of alkyl halides is 3. The molecule has 0 amide bonds. The predicted molar refractivity (Wildman–Crippen MR) is 60.9 cm³/mol. The van der Waals surface area contributed by atoms with Crippen molar-refractivity contribution in [1.29, 1.82) is 0 Å². The smallest absolute Gasteiger partial charge is 0.456 e. The molecule has 0 saturated heterocycles. The number of aromatic hydroxyl groups is 1. The largest absolute Gasteiger partial charge is 0.506 e. The molecule has 0 aromatic heterocycles. The molecule has 2 N–H and O–H groups in total. The number of carbonyl (C=O) groups excluding carboxylic acids is 1. The van der Waals surface area contributed by atoms with E-state index in [1.165, 1.54) is 0 Å². The Morgan fingerprint density at radius 2 is 2.00 bits per heavy atom. The number of ketones is 1. The topological polar surface area (TPSA) is 61.7 Å². The first kappa shape index (κ1) is 15.2. The van der Waals surface area contributed by atoms with Crippen LogP contribution >= 0.6 is 11.6 Å². The van der Waals surface area contributed by atoms with Crippen molar-refractivity contribution < 1.29 is 27.5 Å². The van der Waals surface area contributed by atoms with Crippen LogP contribution in [0.5, 0.6) is 5.75 Å². The van der Waals surface area contributed by atoms with E-state index in [1.54, 1.807) is 0 Å². The minimum atomic E-state index is -5.06. The van der Waals surface area contributed by atoms with Crippen LogP contribution in [-0.4, -0.2) is 22.8 Å². The minimum Gasteiger partial charge on any atom is -0.506 e. The molecule has 0 radical (unpaired) electrons. The third-order valence-electron chi connectivity index (χ3n) is 1.97. The van der Waals surface area contributed by atoms with Crippen LogP contribution in [-0.2, 0) is 4.79 Å². The maximum absolute atomic E-state index is 13.3. The van der Waals surface area contributed by atoms with Gasteiger partial charge in [0.2, 0.25) is 0 Å². The molecule has 19 heavy (non-hydrogen) atoms. The number of hydrogen-bond donors (Lipinski definition) is 2. The molecule has 0 aliphatic carbocycles. The van der Waals surface area contributed by atoms with Gasteiger partial charge in [-0.3, -0.25) is 10.2 Å². The van der Waals surface area contributed by atoms with Crippen molar-refractivity contribution in [3.63, 3.8) is 0 Å². The molecule has 0 bridgehead atoms. The number of phenolic OH excluding ortho intramolecular Hbond substituents is 1. The van der Waals surface area contributed by atoms with Crippen LogP contribution in [0, 0.1) is 5.82 Å². The molecule has 0 atom stereocenters. The van der Waals surface area contributed by atoms with E-state index in [0.29, 0.717) is 0 Å². The Morgan fingerprint density at radius 3 is 2.53 bits per heavy atom. The van der Waals surface area contributed by atoms with E-state index in [1.807, 2.05) is 5.43 Å². The summed E-state index contributed by atoms with van der Waals surface area (Å²) in [7, 11) is 0. The Bertz CT molecular complexity index is 543. The molecular formula is C10H7ClF4N2O2. The first-order valence-corrected chi connectivity index (χ1v) is 5.10. The third-order valence-corrected chi connectivity index (χ3v) is 2.27. The Hall–Kier alpha value is -1.83. The van der Waals surface area contributed by atoms with Gasteiger partial charge >= 0.3 is 6.18 Å². The number of phenols is 1. The van der Waals surface area contributed by atoms with Gasteiger partial charge in [0.05, 0.1) is 10.7 Å². The van der Waals surface area contributed by atoms with Crippen LogP contribution in [0.4, 0.5) is 23.2 Å². The average Bonchev–Trinajstić information content (AvgIpc) is 2.29. The summed E-state index contributed by atoms with van der Waals surface area (Å²) in [6.07, 6.45) is -5.06. The van der Waals surface area contributed by atoms with Gasteiger partial charge in [0.15, 0.2) is 0 Å². The number of nitrogens with zero attached hydrogens (tertiary/aromatic N) is 1. The van der Waals surface area contributed by atoms with E-state index in [9.17, 15) is 27.5 Å². The van der Waals surface area contributed by atoms with Gasteiger partial charge in [-0.15, -0.1) is 0 Å². The highest BCUT2D eigenvalue weighted by atomic mass is 35.5. The summed E-state index contributed by atoms with van der Waals surface area (Å²) in [6.45, 7) is 0.816. The second kappa shape index (κ2) is 5.43. The minimum absolute atomic E-state index is 0.268. The summed E-state index contributed by atoms with van der Waals surface area (Å²) in [5.41, 5.74) is 0.586. The zero-order chi connectivity index (χ0) is 14.8. The fourth-order valence-corrected chi connectivity index (χ4v) is 1.17. The van der Waals surface area contributed by atoms with Gasteiger partial charge in [0.25, 0.3) is 5.78 Å². The van der Waals surface area contributed by atoms with E-state index in [0.717, 1.165) is 19.1 Å². The van der Waals surface area contributed by atoms with Crippen molar-refractivity contribution in [3.8, 4) is 5.75 Å². The van der Waals surface area contributed by atoms with Gasteiger partial charge in [-0.25, -0.2) is 4.39 Å². The zero-order valence-corrected chi connectivity index (χ0v) is 10.1. The lowest BCUT2D eigenvalue weighted by molar-refractivity contribution is -0.163. The molecule has 0 fully saturated rings. The predicted octanol–water partition coefficient (Wildman–Crippen LogP) is 3.10. The second-order valence-electron chi connectivity index (χ2n) is 3.42. The van der Waals surface area contributed by atoms with E-state index in [-0.39, 0.29) is 5.02 Å². The molecule has 1 rings (SSSR count). The maximum Gasteiger partial charge on any atom is 0.456 e. The maximum atomic E-state index is 13.3. The Labute approximate surface area is 109 Å². The number of halogens is 5. The molecular weight excluding hydrogens is 292 g/mol. The monoisotopic (exact) mass is 298 g/mol. The standard InChI is InChI=1S/C10H7ClF4N2O2/c1-4(9(19)10(13,14)15)16-17-7-3-8(18)5(11)2-6(7)12/h2-3,17-18H,1H3/b16-4+. The molecule has 0 heterocycles. The Balaban J connectivity index is 2.93. The fraction of sp³-hybridized carbons (Fsp3) is 0.200. The second-order valence-corrected chi connectivity index (χ2v) is 3.83. The van der Waals surface area contributed by atoms with Gasteiger partial charge in [0.1, 0.15) is 17.3 Å². The Kier molecular flexibility index (Phi) is 4.35. The van der Waals surface area contributed by atoms with E-state index in [4.69, 9.17) is 11.6 Å². The molecule has 104 valence electrons. The van der Waals surface area contributed by atoms with Gasteiger partial charge in [-0.2, -0.15) is 18.3 Å². The third kappa shape index (κ3) is 3.82. The summed E-state index contributed by atoms with van der Waals surface area (Å²) in [6, 6.07) is 1.57. The highest BCUT2D eigenvalue weighted by molar-refractivity contribution is 6.41. The number of anilines is 1. The highest BCUT2D eigenvalue weighted by Gasteiger charge is 2.40. The molecule has 1 aromatic carbocycles. The number of hydrogen-bond acceptors (Lipinski definition) is 4. The first-order chi connectivity index (χ1) is 8.62. The van der Waals surface area contributed by atoms with Gasteiger partial charge in [-0.1, -0.05) is 11.6 Å². The molecule has 0 aliphatic rings. The number of carbonyl (C=O) groups is 1. The number of benzene rings is 1. The number of rotatable bonds is 3. The van der Waals surface area contributed by atoms with Crippen LogP contribution in [0.25, 0.3) is 0 Å². The number of Topliss-reactive ketones (excluding diaryl/α,β-unsaturated/α-hetero) is 1. The average molecular weight is 299 g/mol. The molecule has 9 heteroatoms. The fourth-order valence-electron chi connectivity index (χ4n) is 1.02. The summed E-state index contributed by atoms with van der Waals surface area (Å²) in [4.78, 5) is 10.7. The van der Waals surface area contributed by atoms with Crippen LogP contribution in [0.2, 0.25) is 5.02 Å². The van der Waals surface area contributed by atoms with Gasteiger partial charge < -0.3 is 5.11 Å². The van der Waals surface area contributed by atoms with Crippen molar-refractivity contribution in [2.24, 2.45) is 5.10 Å². The highest BCUT2D eigenvalue weighted by Crippen LogP contribution is 2.29. The van der Waals surface area contributed by atoms with Crippen molar-refractivity contribution in [2.45, 2.75) is 13.1 Å². The SMILES string of the molecule is C/C(=N\Nc1cc(O)c(Cl)cc1F)C(=O)C(F)(F)F. The molecule has 0 unspecified atom stereocenters. The van der Waals surface area contributed by atoms with E-state index >= 15 is 0 Å². The van der Waals surface area contributed by atoms with Crippen molar-refractivity contribution in [1.82, 2.24) is 0 Å². The summed E-state index contributed by atoms with van der Waals surface area (Å²) in [5, 5.41) is 12.0. The quantitative estimate of drug-likeness (QED) is 0.512. The number of hydrazone groups is 1. The molecule has 4 nitrogen and oxygen atoms in total. The lowest BCUT2D eigenvalue weighted by atomic mass is 10.2. The summed E-state index contributed by atoms with van der Waals surface area (Å²) < 4.78 is 49.4. The summed E-state index contributed by atoms with van der Waals surface area (Å²) >= 11 is 5.40. The zero-order valence-electron chi connectivity index (χ0n) is 9.35. The lowest BCUT2D eigenvalue weighted by Crippen LogP contribution is -2.29. The lowest BCUT2D eigenvalue weighted by Gasteiger charge is -2.07. The first-order valence-electron chi connectivity index (χ1n) is 4.72. The van der Waals surface area contributed by atoms with Gasteiger partial charge in [0, 0.05) is 6.07 Å². The summed E-state index contributed by atoms with van der Waals surface area (Å²) in [5.74, 6) is -3.59. The molecule has 0 spiro atoms. The van der Waals surface area contributed by atoms with Crippen molar-refractivity contribution in [2.75, 3.05) is 5.43 Å². The van der Waals surface area contributed by atoms with Gasteiger partial charge in [-0.05, 0) is 13.0 Å². The number of nitrogens with one attached hydrogen (secondary N) is 1. The van der Waals surface area contributed by atoms with Crippen LogP contribution in [0.15, 0.2) is 17.2 Å². The Morgan fingerprint density at radius 1 is 1.42 bits per heavy atom. The van der Waals surface area contributed by atoms with Crippen LogP contribution in [0.1, 0.15) is 6.92 Å².